The lowest BCUT2D eigenvalue weighted by molar-refractivity contribution is 0.415. The summed E-state index contributed by atoms with van der Waals surface area (Å²) in [7, 11) is 1.64. The second-order valence-corrected chi connectivity index (χ2v) is 4.15. The fraction of sp³-hybridized carbons (Fsp3) is 0.143. The fourth-order valence-electron chi connectivity index (χ4n) is 1.67. The summed E-state index contributed by atoms with van der Waals surface area (Å²) in [5.41, 5.74) is 8.70. The first-order valence-electron chi connectivity index (χ1n) is 5.37. The fourth-order valence-corrected chi connectivity index (χ4v) is 1.90. The van der Waals surface area contributed by atoms with Gasteiger partial charge in [-0.05, 0) is 29.3 Å². The van der Waals surface area contributed by atoms with Crippen LogP contribution in [0.25, 0.3) is 11.1 Å². The van der Waals surface area contributed by atoms with E-state index in [4.69, 9.17) is 22.1 Å². The van der Waals surface area contributed by atoms with Crippen LogP contribution < -0.4 is 10.5 Å². The molecule has 0 radical (unpaired) electrons. The zero-order chi connectivity index (χ0) is 12.3. The Labute approximate surface area is 118 Å². The molecule has 0 aliphatic heterocycles. The second kappa shape index (κ2) is 6.64. The van der Waals surface area contributed by atoms with E-state index in [0.717, 1.165) is 22.4 Å². The third-order valence-corrected chi connectivity index (χ3v) is 3.00. The Morgan fingerprint density at radius 3 is 2.33 bits per heavy atom. The summed E-state index contributed by atoms with van der Waals surface area (Å²) in [6, 6.07) is 13.7. The molecule has 0 spiro atoms. The molecule has 4 heteroatoms. The molecule has 0 unspecified atom stereocenters. The van der Waals surface area contributed by atoms with Crippen LogP contribution in [0, 0.1) is 0 Å². The van der Waals surface area contributed by atoms with Crippen molar-refractivity contribution in [2.45, 2.75) is 6.54 Å². The highest BCUT2D eigenvalue weighted by Crippen LogP contribution is 2.31. The first kappa shape index (κ1) is 14.8. The summed E-state index contributed by atoms with van der Waals surface area (Å²) in [5.74, 6) is 0.798. The third kappa shape index (κ3) is 3.16. The Morgan fingerprint density at radius 2 is 1.78 bits per heavy atom. The molecule has 2 rings (SSSR count). The van der Waals surface area contributed by atoms with E-state index >= 15 is 0 Å². The van der Waals surface area contributed by atoms with Crippen LogP contribution in [0.5, 0.6) is 5.75 Å². The number of rotatable bonds is 3. The molecule has 0 aromatic heterocycles. The van der Waals surface area contributed by atoms with Crippen molar-refractivity contribution in [3.63, 3.8) is 0 Å². The largest absolute Gasteiger partial charge is 0.497 e. The van der Waals surface area contributed by atoms with Gasteiger partial charge in [0.05, 0.1) is 7.11 Å². The summed E-state index contributed by atoms with van der Waals surface area (Å²) in [6.45, 7) is 0.548. The Hall–Kier alpha value is -1.22. The average molecular weight is 284 g/mol. The molecule has 0 heterocycles. The molecule has 0 atom stereocenters. The van der Waals surface area contributed by atoms with E-state index < -0.39 is 0 Å². The zero-order valence-corrected chi connectivity index (χ0v) is 11.6. The van der Waals surface area contributed by atoms with Crippen molar-refractivity contribution < 1.29 is 4.74 Å². The van der Waals surface area contributed by atoms with Crippen molar-refractivity contribution in [2.24, 2.45) is 5.73 Å². The van der Waals surface area contributed by atoms with Gasteiger partial charge in [0, 0.05) is 17.1 Å². The number of hydrogen-bond acceptors (Lipinski definition) is 2. The average Bonchev–Trinajstić information content (AvgIpc) is 2.39. The Kier molecular flexibility index (Phi) is 5.48. The summed E-state index contributed by atoms with van der Waals surface area (Å²) >= 11 is 6.18. The molecule has 0 saturated carbocycles. The number of methoxy groups -OCH3 is 1. The molecule has 96 valence electrons. The summed E-state index contributed by atoms with van der Waals surface area (Å²) < 4.78 is 5.20. The maximum Gasteiger partial charge on any atom is 0.119 e. The minimum atomic E-state index is 0. The van der Waals surface area contributed by atoms with Crippen LogP contribution in [0.2, 0.25) is 5.02 Å². The van der Waals surface area contributed by atoms with Crippen LogP contribution in [-0.4, -0.2) is 7.11 Å². The van der Waals surface area contributed by atoms with Crippen LogP contribution in [0.4, 0.5) is 0 Å². The summed E-state index contributed by atoms with van der Waals surface area (Å²) in [6.07, 6.45) is 0. The molecular weight excluding hydrogens is 269 g/mol. The van der Waals surface area contributed by atoms with Gasteiger partial charge in [0.25, 0.3) is 0 Å². The predicted octanol–water partition coefficient (Wildman–Crippen LogP) is 3.90. The summed E-state index contributed by atoms with van der Waals surface area (Å²) in [4.78, 5) is 0. The normalized spacial score (nSPS) is 9.72. The smallest absolute Gasteiger partial charge is 0.119 e. The van der Waals surface area contributed by atoms with Crippen LogP contribution >= 0.6 is 24.0 Å². The van der Waals surface area contributed by atoms with Gasteiger partial charge in [-0.15, -0.1) is 12.4 Å². The first-order valence-corrected chi connectivity index (χ1v) is 5.75. The van der Waals surface area contributed by atoms with Gasteiger partial charge in [0.1, 0.15) is 5.75 Å². The molecule has 2 aromatic carbocycles. The van der Waals surface area contributed by atoms with Crippen molar-refractivity contribution in [2.75, 3.05) is 7.11 Å². The van der Waals surface area contributed by atoms with E-state index in [1.165, 1.54) is 0 Å². The van der Waals surface area contributed by atoms with Gasteiger partial charge in [-0.1, -0.05) is 35.9 Å². The van der Waals surface area contributed by atoms with Crippen LogP contribution in [0.3, 0.4) is 0 Å². The van der Waals surface area contributed by atoms with Crippen LogP contribution in [-0.2, 0) is 6.54 Å². The molecule has 18 heavy (non-hydrogen) atoms. The minimum Gasteiger partial charge on any atom is -0.497 e. The molecule has 2 nitrogen and oxygen atoms in total. The van der Waals surface area contributed by atoms with Crippen molar-refractivity contribution >= 4 is 24.0 Å². The van der Waals surface area contributed by atoms with Crippen molar-refractivity contribution in [3.8, 4) is 16.9 Å². The first-order chi connectivity index (χ1) is 8.24. The van der Waals surface area contributed by atoms with Crippen LogP contribution in [0.15, 0.2) is 42.5 Å². The van der Waals surface area contributed by atoms with Gasteiger partial charge in [0.15, 0.2) is 0 Å². The van der Waals surface area contributed by atoms with E-state index in [9.17, 15) is 0 Å². The molecule has 0 saturated heterocycles. The van der Waals surface area contributed by atoms with E-state index in [1.54, 1.807) is 7.11 Å². The lowest BCUT2D eigenvalue weighted by atomic mass is 10.0. The maximum absolute atomic E-state index is 6.18. The van der Waals surface area contributed by atoms with Gasteiger partial charge in [-0.2, -0.15) is 0 Å². The van der Waals surface area contributed by atoms with E-state index in [-0.39, 0.29) is 12.4 Å². The number of hydrogen-bond donors (Lipinski definition) is 1. The number of benzene rings is 2. The Balaban J connectivity index is 0.00000162. The Bertz CT molecular complexity index is 512. The lowest BCUT2D eigenvalue weighted by Crippen LogP contribution is -1.95. The molecular formula is C14H15Cl2NO. The standard InChI is InChI=1S/C14H14ClNO.ClH/c1-17-12-6-7-14(15)13(8-12)11-4-2-10(9-16)3-5-11;/h2-8H,9,16H2,1H3;1H. The molecule has 0 bridgehead atoms. The van der Waals surface area contributed by atoms with E-state index in [1.807, 2.05) is 42.5 Å². The quantitative estimate of drug-likeness (QED) is 0.927. The molecule has 2 N–H and O–H groups in total. The van der Waals surface area contributed by atoms with Gasteiger partial charge >= 0.3 is 0 Å². The zero-order valence-electron chi connectivity index (χ0n) is 10.0. The van der Waals surface area contributed by atoms with Crippen LogP contribution in [0.1, 0.15) is 5.56 Å². The predicted molar refractivity (Wildman–Crippen MR) is 78.6 cm³/mol. The topological polar surface area (TPSA) is 35.2 Å². The highest BCUT2D eigenvalue weighted by Gasteiger charge is 2.05. The second-order valence-electron chi connectivity index (χ2n) is 3.75. The van der Waals surface area contributed by atoms with Crippen molar-refractivity contribution in [1.29, 1.82) is 0 Å². The lowest BCUT2D eigenvalue weighted by Gasteiger charge is -2.08. The van der Waals surface area contributed by atoms with Gasteiger partial charge in [0.2, 0.25) is 0 Å². The highest BCUT2D eigenvalue weighted by molar-refractivity contribution is 6.33. The van der Waals surface area contributed by atoms with Gasteiger partial charge < -0.3 is 10.5 Å². The summed E-state index contributed by atoms with van der Waals surface area (Å²) in [5, 5.41) is 0.714. The monoisotopic (exact) mass is 283 g/mol. The SMILES string of the molecule is COc1ccc(Cl)c(-c2ccc(CN)cc2)c1.Cl. The number of nitrogens with two attached hydrogens (primary N) is 1. The van der Waals surface area contributed by atoms with E-state index in [2.05, 4.69) is 0 Å². The molecule has 0 aliphatic carbocycles. The molecule has 2 aromatic rings. The minimum absolute atomic E-state index is 0. The third-order valence-electron chi connectivity index (χ3n) is 2.67. The Morgan fingerprint density at radius 1 is 1.11 bits per heavy atom. The van der Waals surface area contributed by atoms with Gasteiger partial charge in [-0.3, -0.25) is 0 Å². The highest BCUT2D eigenvalue weighted by atomic mass is 35.5. The number of ether oxygens (including phenoxy) is 1. The maximum atomic E-state index is 6.18. The van der Waals surface area contributed by atoms with Gasteiger partial charge in [-0.25, -0.2) is 0 Å². The van der Waals surface area contributed by atoms with Crippen molar-refractivity contribution in [3.05, 3.63) is 53.1 Å². The molecule has 0 aliphatic rings. The van der Waals surface area contributed by atoms with Crippen molar-refractivity contribution in [1.82, 2.24) is 0 Å². The number of halogens is 2. The molecule has 0 fully saturated rings. The molecule has 0 amide bonds. The van der Waals surface area contributed by atoms with E-state index in [0.29, 0.717) is 11.6 Å².